The summed E-state index contributed by atoms with van der Waals surface area (Å²) < 4.78 is 20.8. The van der Waals surface area contributed by atoms with E-state index in [-0.39, 0.29) is 35.5 Å². The first-order valence-electron chi connectivity index (χ1n) is 9.52. The van der Waals surface area contributed by atoms with Gasteiger partial charge in [0.2, 0.25) is 0 Å². The van der Waals surface area contributed by atoms with Crippen LogP contribution in [0, 0.1) is 19.7 Å². The Labute approximate surface area is 165 Å². The van der Waals surface area contributed by atoms with Gasteiger partial charge in [-0.2, -0.15) is 0 Å². The van der Waals surface area contributed by atoms with E-state index in [1.54, 1.807) is 30.5 Å². The van der Waals surface area contributed by atoms with Gasteiger partial charge in [0.05, 0.1) is 29.0 Å². The molecule has 0 saturated heterocycles. The maximum atomic E-state index is 14.1. The maximum Gasteiger partial charge on any atom is 0.343 e. The van der Waals surface area contributed by atoms with Gasteiger partial charge in [0, 0.05) is 22.6 Å². The number of nitrogens with zero attached hydrogens (tertiary/aromatic N) is 2. The summed E-state index contributed by atoms with van der Waals surface area (Å²) in [6, 6.07) is 4.83. The number of aliphatic hydroxyl groups is 1. The van der Waals surface area contributed by atoms with Crippen molar-refractivity contribution in [3.63, 3.8) is 0 Å². The Kier molecular flexibility index (Phi) is 3.56. The van der Waals surface area contributed by atoms with E-state index in [0.29, 0.717) is 29.0 Å². The summed E-state index contributed by atoms with van der Waals surface area (Å²) in [5.41, 5.74) is 2.36. The molecule has 0 fully saturated rings. The molecule has 3 aromatic rings. The summed E-state index contributed by atoms with van der Waals surface area (Å²) in [5, 5.41) is 11.7. The standard InChI is InChI=1S/C22H19FN2O4/c1-4-22(28)15-6-18-19-13(8-25(18)20(26)14(15)9-29-21(22)27)11(3)12-5-10(2)16(23)7-17(12)24-19/h5-7,28H,4,8-9H2,1-3H3/t22-/m0/s1. The molecular formula is C22H19FN2O4. The third kappa shape index (κ3) is 2.22. The number of ether oxygens (including phenoxy) is 1. The highest BCUT2D eigenvalue weighted by Crippen LogP contribution is 2.40. The van der Waals surface area contributed by atoms with Gasteiger partial charge >= 0.3 is 5.97 Å². The van der Waals surface area contributed by atoms with Crippen molar-refractivity contribution in [1.29, 1.82) is 0 Å². The quantitative estimate of drug-likeness (QED) is 0.502. The molecular weight excluding hydrogens is 375 g/mol. The first-order chi connectivity index (χ1) is 13.8. The second kappa shape index (κ2) is 5.73. The lowest BCUT2D eigenvalue weighted by atomic mass is 9.86. The molecule has 29 heavy (non-hydrogen) atoms. The van der Waals surface area contributed by atoms with Crippen LogP contribution in [-0.4, -0.2) is 20.6 Å². The molecule has 0 amide bonds. The van der Waals surface area contributed by atoms with Gasteiger partial charge in [0.15, 0.2) is 5.60 Å². The molecule has 1 aromatic carbocycles. The molecule has 0 aliphatic carbocycles. The molecule has 7 heteroatoms. The van der Waals surface area contributed by atoms with Crippen molar-refractivity contribution in [2.24, 2.45) is 0 Å². The number of hydrogen-bond donors (Lipinski definition) is 1. The van der Waals surface area contributed by atoms with Gasteiger partial charge in [-0.15, -0.1) is 0 Å². The Hall–Kier alpha value is -3.06. The van der Waals surface area contributed by atoms with Crippen molar-refractivity contribution in [2.45, 2.75) is 45.9 Å². The normalized spacial score (nSPS) is 19.7. The highest BCUT2D eigenvalue weighted by molar-refractivity contribution is 5.89. The minimum atomic E-state index is -1.86. The third-order valence-electron chi connectivity index (χ3n) is 6.25. The van der Waals surface area contributed by atoms with Crippen LogP contribution in [0.15, 0.2) is 23.0 Å². The molecule has 2 aliphatic heterocycles. The van der Waals surface area contributed by atoms with Crippen molar-refractivity contribution in [2.75, 3.05) is 0 Å². The first-order valence-corrected chi connectivity index (χ1v) is 9.52. The second-order valence-corrected chi connectivity index (χ2v) is 7.79. The van der Waals surface area contributed by atoms with Crippen LogP contribution >= 0.6 is 0 Å². The molecule has 1 N–H and O–H groups in total. The molecule has 148 valence electrons. The molecule has 2 aromatic heterocycles. The largest absolute Gasteiger partial charge is 0.458 e. The van der Waals surface area contributed by atoms with Crippen LogP contribution in [0.2, 0.25) is 0 Å². The van der Waals surface area contributed by atoms with Crippen molar-refractivity contribution >= 4 is 16.9 Å². The summed E-state index contributed by atoms with van der Waals surface area (Å²) in [6.07, 6.45) is 0.0866. The molecule has 0 spiro atoms. The van der Waals surface area contributed by atoms with E-state index in [0.717, 1.165) is 16.5 Å². The van der Waals surface area contributed by atoms with Crippen molar-refractivity contribution in [3.8, 4) is 11.4 Å². The molecule has 0 bridgehead atoms. The number of cyclic esters (lactones) is 1. The molecule has 2 aliphatic rings. The van der Waals surface area contributed by atoms with Gasteiger partial charge < -0.3 is 14.4 Å². The molecule has 1 atom stereocenters. The van der Waals surface area contributed by atoms with Crippen LogP contribution in [-0.2, 0) is 28.3 Å². The van der Waals surface area contributed by atoms with E-state index >= 15 is 0 Å². The Morgan fingerprint density at radius 3 is 2.72 bits per heavy atom. The number of hydrogen-bond acceptors (Lipinski definition) is 5. The van der Waals surface area contributed by atoms with E-state index in [2.05, 4.69) is 4.98 Å². The highest BCUT2D eigenvalue weighted by atomic mass is 19.1. The fourth-order valence-corrected chi connectivity index (χ4v) is 4.41. The number of fused-ring (bicyclic) bond motifs is 5. The number of halogens is 1. The van der Waals surface area contributed by atoms with E-state index in [4.69, 9.17) is 4.74 Å². The fraction of sp³-hybridized carbons (Fsp3) is 0.318. The number of rotatable bonds is 1. The predicted octanol–water partition coefficient (Wildman–Crippen LogP) is 2.84. The predicted molar refractivity (Wildman–Crippen MR) is 104 cm³/mol. The van der Waals surface area contributed by atoms with E-state index in [9.17, 15) is 19.1 Å². The highest BCUT2D eigenvalue weighted by Gasteiger charge is 2.45. The lowest BCUT2D eigenvalue weighted by Crippen LogP contribution is -2.44. The van der Waals surface area contributed by atoms with Gasteiger partial charge in [-0.1, -0.05) is 6.92 Å². The van der Waals surface area contributed by atoms with Gasteiger partial charge in [-0.05, 0) is 43.5 Å². The van der Waals surface area contributed by atoms with Crippen molar-refractivity contribution in [3.05, 3.63) is 62.2 Å². The molecule has 0 unspecified atom stereocenters. The van der Waals surface area contributed by atoms with Gasteiger partial charge in [0.1, 0.15) is 12.4 Å². The minimum absolute atomic E-state index is 0.0866. The molecule has 6 nitrogen and oxygen atoms in total. The fourth-order valence-electron chi connectivity index (χ4n) is 4.41. The molecule has 4 heterocycles. The SMILES string of the molecule is CC[C@@]1(O)C(=O)OCc2c1cc1n(c2=O)Cc2c-1nc1cc(F)c(C)cc1c2C. The second-order valence-electron chi connectivity index (χ2n) is 7.79. The lowest BCUT2D eigenvalue weighted by Gasteiger charge is -2.31. The Morgan fingerprint density at radius 2 is 2.00 bits per heavy atom. The van der Waals surface area contributed by atoms with E-state index in [1.165, 1.54) is 6.07 Å². The van der Waals surface area contributed by atoms with Gasteiger partial charge in [-0.3, -0.25) is 4.79 Å². The maximum absolute atomic E-state index is 14.1. The zero-order valence-electron chi connectivity index (χ0n) is 16.3. The van der Waals surface area contributed by atoms with Crippen LogP contribution in [0.5, 0.6) is 0 Å². The number of benzene rings is 1. The average molecular weight is 394 g/mol. The molecule has 0 saturated carbocycles. The number of carbonyl (C=O) groups is 1. The number of carbonyl (C=O) groups excluding carboxylic acids is 1. The van der Waals surface area contributed by atoms with E-state index < -0.39 is 11.6 Å². The van der Waals surface area contributed by atoms with Gasteiger partial charge in [-0.25, -0.2) is 14.2 Å². The molecule has 0 radical (unpaired) electrons. The molecule has 5 rings (SSSR count). The van der Waals surface area contributed by atoms with Crippen LogP contribution < -0.4 is 5.56 Å². The number of pyridine rings is 2. The summed E-state index contributed by atoms with van der Waals surface area (Å²) in [6.45, 7) is 5.48. The van der Waals surface area contributed by atoms with Gasteiger partial charge in [0.25, 0.3) is 5.56 Å². The zero-order chi connectivity index (χ0) is 20.7. The summed E-state index contributed by atoms with van der Waals surface area (Å²) >= 11 is 0. The monoisotopic (exact) mass is 394 g/mol. The third-order valence-corrected chi connectivity index (χ3v) is 6.25. The Morgan fingerprint density at radius 1 is 1.24 bits per heavy atom. The first kappa shape index (κ1) is 18.0. The van der Waals surface area contributed by atoms with Crippen molar-refractivity contribution < 1.29 is 19.0 Å². The number of aryl methyl sites for hydroxylation is 2. The average Bonchev–Trinajstić information content (AvgIpc) is 3.06. The summed E-state index contributed by atoms with van der Waals surface area (Å²) in [7, 11) is 0. The zero-order valence-corrected chi connectivity index (χ0v) is 16.3. The van der Waals surface area contributed by atoms with Crippen LogP contribution in [0.3, 0.4) is 0 Å². The Balaban J connectivity index is 1.83. The van der Waals surface area contributed by atoms with Crippen LogP contribution in [0.25, 0.3) is 22.3 Å². The summed E-state index contributed by atoms with van der Waals surface area (Å²) in [4.78, 5) is 30.0. The summed E-state index contributed by atoms with van der Waals surface area (Å²) in [5.74, 6) is -1.09. The smallest absolute Gasteiger partial charge is 0.343 e. The number of aromatic nitrogens is 2. The lowest BCUT2D eigenvalue weighted by molar-refractivity contribution is -0.172. The number of esters is 1. The minimum Gasteiger partial charge on any atom is -0.458 e. The van der Waals surface area contributed by atoms with Crippen molar-refractivity contribution in [1.82, 2.24) is 9.55 Å². The van der Waals surface area contributed by atoms with E-state index in [1.807, 2.05) is 6.92 Å². The Bertz CT molecular complexity index is 1310. The topological polar surface area (TPSA) is 81.4 Å². The van der Waals surface area contributed by atoms with Crippen LogP contribution in [0.4, 0.5) is 4.39 Å². The van der Waals surface area contributed by atoms with Crippen LogP contribution in [0.1, 0.15) is 41.2 Å².